The van der Waals surface area contributed by atoms with Crippen molar-refractivity contribution < 1.29 is 19.1 Å². The molecule has 4 heteroatoms. The lowest BCUT2D eigenvalue weighted by molar-refractivity contribution is 0.0193. The fourth-order valence-electron chi connectivity index (χ4n) is 3.82. The summed E-state index contributed by atoms with van der Waals surface area (Å²) in [5.41, 5.74) is 1.14. The molecule has 0 aliphatic heterocycles. The Morgan fingerprint density at radius 2 is 1.03 bits per heavy atom. The number of carbonyl (C=O) groups excluding carboxylic acids is 2. The minimum Gasteiger partial charge on any atom is -0.462 e. The third-order valence-corrected chi connectivity index (χ3v) is 5.61. The maximum absolute atomic E-state index is 12.3. The Morgan fingerprint density at radius 3 is 1.34 bits per heavy atom. The van der Waals surface area contributed by atoms with Crippen LogP contribution in [-0.2, 0) is 9.47 Å². The van der Waals surface area contributed by atoms with Crippen molar-refractivity contribution in [1.29, 1.82) is 0 Å². The van der Waals surface area contributed by atoms with Gasteiger partial charge in [-0.1, -0.05) is 63.6 Å². The second-order valence-corrected chi connectivity index (χ2v) is 7.34. The van der Waals surface area contributed by atoms with Gasteiger partial charge < -0.3 is 9.47 Å². The molecule has 4 nitrogen and oxygen atoms in total. The van der Waals surface area contributed by atoms with Gasteiger partial charge in [-0.25, -0.2) is 9.59 Å². The molecule has 29 heavy (non-hydrogen) atoms. The number of hydrogen-bond donors (Lipinski definition) is 0. The molecule has 0 heterocycles. The van der Waals surface area contributed by atoms with Crippen molar-refractivity contribution in [3.05, 3.63) is 71.8 Å². The zero-order valence-corrected chi connectivity index (χ0v) is 17.7. The zero-order chi connectivity index (χ0) is 21.1. The second-order valence-electron chi connectivity index (χ2n) is 7.34. The molecule has 2 atom stereocenters. The van der Waals surface area contributed by atoms with Crippen LogP contribution in [0, 0.1) is 17.8 Å². The van der Waals surface area contributed by atoms with Crippen LogP contribution in [0.5, 0.6) is 0 Å². The molecule has 0 saturated heterocycles. The molecule has 2 aromatic carbocycles. The first kappa shape index (κ1) is 22.7. The average molecular weight is 397 g/mol. The van der Waals surface area contributed by atoms with Crippen molar-refractivity contribution in [2.45, 2.75) is 40.0 Å². The highest BCUT2D eigenvalue weighted by Gasteiger charge is 2.28. The standard InChI is InChI=1S/C25H32O4/c1-4-19(17-28-24(26)21-13-9-7-10-14-21)23(6-3)20(5-2)18-29-25(27)22-15-11-8-12-16-22/h7-16,19-20,23H,4-6,17-18H2,1-3H3. The molecule has 0 fully saturated rings. The summed E-state index contributed by atoms with van der Waals surface area (Å²) in [6.07, 6.45) is 2.76. The molecule has 0 amide bonds. The molecule has 0 aliphatic carbocycles. The quantitative estimate of drug-likeness (QED) is 0.452. The smallest absolute Gasteiger partial charge is 0.338 e. The minimum absolute atomic E-state index is 0.230. The fourth-order valence-corrected chi connectivity index (χ4v) is 3.82. The molecule has 2 unspecified atom stereocenters. The lowest BCUT2D eigenvalue weighted by Crippen LogP contribution is -2.30. The number of ether oxygens (including phenoxy) is 2. The van der Waals surface area contributed by atoms with Gasteiger partial charge in [0.05, 0.1) is 24.3 Å². The highest BCUT2D eigenvalue weighted by Crippen LogP contribution is 2.30. The van der Waals surface area contributed by atoms with E-state index in [-0.39, 0.29) is 23.8 Å². The van der Waals surface area contributed by atoms with E-state index in [9.17, 15) is 9.59 Å². The maximum atomic E-state index is 12.3. The highest BCUT2D eigenvalue weighted by molar-refractivity contribution is 5.89. The lowest BCUT2D eigenvalue weighted by atomic mass is 9.78. The lowest BCUT2D eigenvalue weighted by Gasteiger charge is -2.31. The highest BCUT2D eigenvalue weighted by atomic mass is 16.5. The first-order chi connectivity index (χ1) is 14.1. The van der Waals surface area contributed by atoms with Gasteiger partial charge in [0, 0.05) is 0 Å². The van der Waals surface area contributed by atoms with E-state index in [1.807, 2.05) is 36.4 Å². The molecule has 2 aromatic rings. The van der Waals surface area contributed by atoms with Crippen LogP contribution >= 0.6 is 0 Å². The first-order valence-corrected chi connectivity index (χ1v) is 10.5. The van der Waals surface area contributed by atoms with Crippen molar-refractivity contribution in [3.63, 3.8) is 0 Å². The van der Waals surface area contributed by atoms with Crippen LogP contribution in [0.2, 0.25) is 0 Å². The number of rotatable bonds is 11. The Hall–Kier alpha value is -2.62. The van der Waals surface area contributed by atoms with Crippen LogP contribution in [0.25, 0.3) is 0 Å². The van der Waals surface area contributed by atoms with Crippen LogP contribution in [0.15, 0.2) is 60.7 Å². The van der Waals surface area contributed by atoms with Gasteiger partial charge in [0.2, 0.25) is 0 Å². The van der Waals surface area contributed by atoms with Crippen LogP contribution < -0.4 is 0 Å². The summed E-state index contributed by atoms with van der Waals surface area (Å²) in [7, 11) is 0. The Bertz CT molecular complexity index is 678. The van der Waals surface area contributed by atoms with Gasteiger partial charge in [0.15, 0.2) is 0 Å². The summed E-state index contributed by atoms with van der Waals surface area (Å²) >= 11 is 0. The third kappa shape index (κ3) is 6.74. The monoisotopic (exact) mass is 396 g/mol. The van der Waals surface area contributed by atoms with Crippen LogP contribution in [-0.4, -0.2) is 25.2 Å². The van der Waals surface area contributed by atoms with E-state index in [4.69, 9.17) is 9.47 Å². The number of esters is 2. The Balaban J connectivity index is 1.95. The summed E-state index contributed by atoms with van der Waals surface area (Å²) in [6.45, 7) is 7.14. The first-order valence-electron chi connectivity index (χ1n) is 10.5. The third-order valence-electron chi connectivity index (χ3n) is 5.61. The van der Waals surface area contributed by atoms with E-state index in [1.165, 1.54) is 0 Å². The molecule has 0 aliphatic rings. The molecular weight excluding hydrogens is 364 g/mol. The van der Waals surface area contributed by atoms with Crippen LogP contribution in [0.1, 0.15) is 60.7 Å². The normalized spacial score (nSPS) is 13.9. The SMILES string of the molecule is CCC(COC(=O)c1ccccc1)C(CC)C(CC)COC(=O)c1ccccc1. The number of carbonyl (C=O) groups is 2. The molecule has 0 bridgehead atoms. The van der Waals surface area contributed by atoms with E-state index in [2.05, 4.69) is 20.8 Å². The largest absolute Gasteiger partial charge is 0.462 e. The fraction of sp³-hybridized carbons (Fsp3) is 0.440. The molecule has 2 rings (SSSR count). The second kappa shape index (κ2) is 12.1. The topological polar surface area (TPSA) is 52.6 Å². The predicted octanol–water partition coefficient (Wildman–Crippen LogP) is 5.78. The molecule has 0 spiro atoms. The van der Waals surface area contributed by atoms with E-state index in [0.29, 0.717) is 30.3 Å². The number of benzene rings is 2. The molecular formula is C25H32O4. The average Bonchev–Trinajstić information content (AvgIpc) is 2.78. The summed E-state index contributed by atoms with van der Waals surface area (Å²) in [5, 5.41) is 0. The maximum Gasteiger partial charge on any atom is 0.338 e. The Morgan fingerprint density at radius 1 is 0.655 bits per heavy atom. The van der Waals surface area contributed by atoms with Crippen LogP contribution in [0.3, 0.4) is 0 Å². The van der Waals surface area contributed by atoms with Gasteiger partial charge in [-0.05, 0) is 54.9 Å². The van der Waals surface area contributed by atoms with Crippen molar-refractivity contribution in [2.24, 2.45) is 17.8 Å². The van der Waals surface area contributed by atoms with E-state index >= 15 is 0 Å². The van der Waals surface area contributed by atoms with Crippen molar-refractivity contribution in [3.8, 4) is 0 Å². The van der Waals surface area contributed by atoms with Crippen molar-refractivity contribution in [2.75, 3.05) is 13.2 Å². The summed E-state index contributed by atoms with van der Waals surface area (Å²) < 4.78 is 11.2. The van der Waals surface area contributed by atoms with E-state index in [0.717, 1.165) is 19.3 Å². The molecule has 0 saturated carbocycles. The van der Waals surface area contributed by atoms with Gasteiger partial charge in [-0.3, -0.25) is 0 Å². The number of hydrogen-bond acceptors (Lipinski definition) is 4. The summed E-state index contributed by atoms with van der Waals surface area (Å²) in [5.74, 6) is 0.197. The van der Waals surface area contributed by atoms with Crippen LogP contribution in [0.4, 0.5) is 0 Å². The van der Waals surface area contributed by atoms with Gasteiger partial charge in [0.25, 0.3) is 0 Å². The molecule has 0 N–H and O–H groups in total. The zero-order valence-electron chi connectivity index (χ0n) is 17.7. The van der Waals surface area contributed by atoms with E-state index < -0.39 is 0 Å². The summed E-state index contributed by atoms with van der Waals surface area (Å²) in [4.78, 5) is 24.6. The molecule has 156 valence electrons. The van der Waals surface area contributed by atoms with Gasteiger partial charge in [-0.2, -0.15) is 0 Å². The van der Waals surface area contributed by atoms with Crippen molar-refractivity contribution >= 4 is 11.9 Å². The Labute approximate surface area is 174 Å². The predicted molar refractivity (Wildman–Crippen MR) is 115 cm³/mol. The Kier molecular flexibility index (Phi) is 9.42. The molecule has 0 aromatic heterocycles. The van der Waals surface area contributed by atoms with E-state index in [1.54, 1.807) is 24.3 Å². The van der Waals surface area contributed by atoms with Gasteiger partial charge in [0.1, 0.15) is 0 Å². The minimum atomic E-state index is -0.289. The summed E-state index contributed by atoms with van der Waals surface area (Å²) in [6, 6.07) is 18.1. The van der Waals surface area contributed by atoms with Crippen molar-refractivity contribution in [1.82, 2.24) is 0 Å². The molecule has 0 radical (unpaired) electrons. The van der Waals surface area contributed by atoms with Gasteiger partial charge in [-0.15, -0.1) is 0 Å². The van der Waals surface area contributed by atoms with Gasteiger partial charge >= 0.3 is 11.9 Å².